The van der Waals surface area contributed by atoms with E-state index < -0.39 is 17.8 Å². The number of rotatable bonds is 10. The molecule has 2 aromatic carbocycles. The van der Waals surface area contributed by atoms with Gasteiger partial charge in [-0.1, -0.05) is 0 Å². The molecule has 33 heavy (non-hydrogen) atoms. The van der Waals surface area contributed by atoms with Crippen molar-refractivity contribution in [1.29, 1.82) is 0 Å². The third-order valence-electron chi connectivity index (χ3n) is 4.29. The van der Waals surface area contributed by atoms with Gasteiger partial charge in [-0.05, 0) is 48.9 Å². The molecule has 2 N–H and O–H groups in total. The predicted octanol–water partition coefficient (Wildman–Crippen LogP) is 1.25. The molecule has 0 spiro atoms. The van der Waals surface area contributed by atoms with Gasteiger partial charge in [-0.2, -0.15) is 5.10 Å². The number of hydrazone groups is 1. The maximum Gasteiger partial charge on any atom is 0.344 e. The molecule has 0 bridgehead atoms. The number of hydrogen-bond acceptors (Lipinski definition) is 9. The predicted molar refractivity (Wildman–Crippen MR) is 116 cm³/mol. The number of amides is 2. The lowest BCUT2D eigenvalue weighted by atomic mass is 10.2. The normalized spacial score (nSPS) is 11.7. The summed E-state index contributed by atoms with van der Waals surface area (Å²) in [5.74, 6) is 0.345. The van der Waals surface area contributed by atoms with Gasteiger partial charge in [0.2, 0.25) is 6.79 Å². The Morgan fingerprint density at radius 1 is 1.09 bits per heavy atom. The van der Waals surface area contributed by atoms with Crippen molar-refractivity contribution in [2.24, 2.45) is 5.10 Å². The first kappa shape index (κ1) is 23.4. The Morgan fingerprint density at radius 2 is 1.91 bits per heavy atom. The molecule has 3 rings (SSSR count). The summed E-state index contributed by atoms with van der Waals surface area (Å²) in [7, 11) is 1.46. The number of carbonyl (C=O) groups is 3. The quantitative estimate of drug-likeness (QED) is 0.309. The van der Waals surface area contributed by atoms with Crippen LogP contribution in [0, 0.1) is 0 Å². The average Bonchev–Trinajstić information content (AvgIpc) is 3.29. The van der Waals surface area contributed by atoms with Crippen LogP contribution in [0.2, 0.25) is 0 Å². The Bertz CT molecular complexity index is 1050. The number of carbonyl (C=O) groups excluding carboxylic acids is 3. The van der Waals surface area contributed by atoms with Gasteiger partial charge in [0.05, 0.1) is 26.5 Å². The van der Waals surface area contributed by atoms with Gasteiger partial charge in [0.15, 0.2) is 29.6 Å². The van der Waals surface area contributed by atoms with Crippen LogP contribution in [-0.4, -0.2) is 57.7 Å². The fourth-order valence-corrected chi connectivity index (χ4v) is 2.74. The summed E-state index contributed by atoms with van der Waals surface area (Å²) in [4.78, 5) is 35.6. The molecule has 1 aliphatic rings. The maximum atomic E-state index is 12.2. The highest BCUT2D eigenvalue weighted by atomic mass is 16.7. The van der Waals surface area contributed by atoms with Gasteiger partial charge < -0.3 is 29.0 Å². The number of benzene rings is 2. The minimum absolute atomic E-state index is 0.107. The molecule has 0 fully saturated rings. The minimum Gasteiger partial charge on any atom is -0.493 e. The van der Waals surface area contributed by atoms with Gasteiger partial charge in [0.1, 0.15) is 0 Å². The van der Waals surface area contributed by atoms with E-state index in [0.29, 0.717) is 34.1 Å². The van der Waals surface area contributed by atoms with Crippen LogP contribution >= 0.6 is 0 Å². The summed E-state index contributed by atoms with van der Waals surface area (Å²) < 4.78 is 25.9. The molecule has 11 nitrogen and oxygen atoms in total. The zero-order chi connectivity index (χ0) is 23.6. The van der Waals surface area contributed by atoms with E-state index in [-0.39, 0.29) is 26.6 Å². The van der Waals surface area contributed by atoms with Crippen LogP contribution < -0.4 is 29.7 Å². The molecule has 11 heteroatoms. The van der Waals surface area contributed by atoms with Gasteiger partial charge in [-0.15, -0.1) is 0 Å². The van der Waals surface area contributed by atoms with Gasteiger partial charge in [-0.3, -0.25) is 9.59 Å². The van der Waals surface area contributed by atoms with Gasteiger partial charge in [-0.25, -0.2) is 10.2 Å². The van der Waals surface area contributed by atoms with Gasteiger partial charge in [0, 0.05) is 5.56 Å². The standard InChI is InChI=1S/C22H23N3O8/c1-3-30-21(27)12-31-16-6-4-14(8-18(16)29-2)10-24-25-20(26)11-23-22(28)15-5-7-17-19(9-15)33-13-32-17/h4-10H,3,11-13H2,1-2H3,(H,23,28)(H,25,26). The number of fused-ring (bicyclic) bond motifs is 1. The molecule has 0 atom stereocenters. The molecular weight excluding hydrogens is 434 g/mol. The molecule has 0 aromatic heterocycles. The van der Waals surface area contributed by atoms with Crippen molar-refractivity contribution in [3.63, 3.8) is 0 Å². The van der Waals surface area contributed by atoms with Crippen LogP contribution in [0.15, 0.2) is 41.5 Å². The Kier molecular flexibility index (Phi) is 8.06. The number of nitrogens with zero attached hydrogens (tertiary/aromatic N) is 1. The number of nitrogens with one attached hydrogen (secondary N) is 2. The van der Waals surface area contributed by atoms with E-state index in [2.05, 4.69) is 15.8 Å². The molecule has 2 aromatic rings. The Labute approximate surface area is 189 Å². The van der Waals surface area contributed by atoms with Gasteiger partial charge >= 0.3 is 5.97 Å². The van der Waals surface area contributed by atoms with Crippen molar-refractivity contribution in [1.82, 2.24) is 10.7 Å². The van der Waals surface area contributed by atoms with Crippen molar-refractivity contribution in [2.75, 3.05) is 33.7 Å². The monoisotopic (exact) mass is 457 g/mol. The van der Waals surface area contributed by atoms with Crippen molar-refractivity contribution in [2.45, 2.75) is 6.92 Å². The molecular formula is C22H23N3O8. The Morgan fingerprint density at radius 3 is 2.70 bits per heavy atom. The number of esters is 1. The zero-order valence-corrected chi connectivity index (χ0v) is 18.1. The molecule has 0 radical (unpaired) electrons. The first-order valence-electron chi connectivity index (χ1n) is 9.96. The third kappa shape index (κ3) is 6.60. The fourth-order valence-electron chi connectivity index (χ4n) is 2.74. The van der Waals surface area contributed by atoms with Crippen molar-refractivity contribution in [3.8, 4) is 23.0 Å². The summed E-state index contributed by atoms with van der Waals surface area (Å²) in [6.07, 6.45) is 1.40. The molecule has 0 saturated heterocycles. The molecule has 1 heterocycles. The molecule has 2 amide bonds. The van der Waals surface area contributed by atoms with Crippen LogP contribution in [0.3, 0.4) is 0 Å². The highest BCUT2D eigenvalue weighted by Gasteiger charge is 2.16. The van der Waals surface area contributed by atoms with Crippen LogP contribution in [-0.2, 0) is 14.3 Å². The number of ether oxygens (including phenoxy) is 5. The lowest BCUT2D eigenvalue weighted by Gasteiger charge is -2.10. The molecule has 0 aliphatic carbocycles. The summed E-state index contributed by atoms with van der Waals surface area (Å²) in [6.45, 7) is 1.57. The highest BCUT2D eigenvalue weighted by molar-refractivity contribution is 5.97. The van der Waals surface area contributed by atoms with E-state index in [9.17, 15) is 14.4 Å². The van der Waals surface area contributed by atoms with Crippen LogP contribution in [0.5, 0.6) is 23.0 Å². The van der Waals surface area contributed by atoms with Gasteiger partial charge in [0.25, 0.3) is 11.8 Å². The largest absolute Gasteiger partial charge is 0.493 e. The topological polar surface area (TPSA) is 134 Å². The van der Waals surface area contributed by atoms with Crippen LogP contribution in [0.1, 0.15) is 22.8 Å². The van der Waals surface area contributed by atoms with E-state index in [1.807, 2.05) is 0 Å². The summed E-state index contributed by atoms with van der Waals surface area (Å²) in [6, 6.07) is 9.64. The van der Waals surface area contributed by atoms with Crippen LogP contribution in [0.25, 0.3) is 0 Å². The maximum absolute atomic E-state index is 12.2. The van der Waals surface area contributed by atoms with Crippen molar-refractivity contribution < 1.29 is 38.1 Å². The average molecular weight is 457 g/mol. The van der Waals surface area contributed by atoms with E-state index in [0.717, 1.165) is 0 Å². The summed E-state index contributed by atoms with van der Waals surface area (Å²) in [5, 5.41) is 6.36. The second kappa shape index (κ2) is 11.4. The lowest BCUT2D eigenvalue weighted by molar-refractivity contribution is -0.145. The van der Waals surface area contributed by atoms with Crippen molar-refractivity contribution >= 4 is 24.0 Å². The zero-order valence-electron chi connectivity index (χ0n) is 18.1. The minimum atomic E-state index is -0.512. The molecule has 174 valence electrons. The summed E-state index contributed by atoms with van der Waals surface area (Å²) in [5.41, 5.74) is 3.28. The molecule has 1 aliphatic heterocycles. The fraction of sp³-hybridized carbons (Fsp3) is 0.273. The lowest BCUT2D eigenvalue weighted by Crippen LogP contribution is -2.34. The highest BCUT2D eigenvalue weighted by Crippen LogP contribution is 2.32. The summed E-state index contributed by atoms with van der Waals surface area (Å²) >= 11 is 0. The second-order valence-corrected chi connectivity index (χ2v) is 6.55. The van der Waals surface area contributed by atoms with E-state index >= 15 is 0 Å². The van der Waals surface area contributed by atoms with E-state index in [1.54, 1.807) is 43.3 Å². The van der Waals surface area contributed by atoms with Crippen molar-refractivity contribution in [3.05, 3.63) is 47.5 Å². The molecule has 0 saturated carbocycles. The first-order chi connectivity index (χ1) is 16.0. The second-order valence-electron chi connectivity index (χ2n) is 6.55. The van der Waals surface area contributed by atoms with E-state index in [1.165, 1.54) is 13.3 Å². The van der Waals surface area contributed by atoms with E-state index in [4.69, 9.17) is 23.7 Å². The Balaban J connectivity index is 1.47. The Hall–Kier alpha value is -4.28. The number of methoxy groups -OCH3 is 1. The third-order valence-corrected chi connectivity index (χ3v) is 4.29. The van der Waals surface area contributed by atoms with Crippen LogP contribution in [0.4, 0.5) is 0 Å². The SMILES string of the molecule is CCOC(=O)COc1ccc(C=NNC(=O)CNC(=O)c2ccc3c(c2)OCO3)cc1OC. The number of hydrogen-bond donors (Lipinski definition) is 2. The molecule has 0 unspecified atom stereocenters. The smallest absolute Gasteiger partial charge is 0.344 e. The first-order valence-corrected chi connectivity index (χ1v) is 9.96.